The first kappa shape index (κ1) is 19.6. The number of likely N-dealkylation sites (tertiary alicyclic amines) is 1. The Morgan fingerprint density at radius 1 is 1.20 bits per heavy atom. The SMILES string of the molecule is Cc1ccc(N2CCN(CC(=O)N3CCC(Oc4nccnc4C#N)C3)C2=O)cc1. The molecule has 9 nitrogen and oxygen atoms in total. The van der Waals surface area contributed by atoms with Gasteiger partial charge in [-0.2, -0.15) is 5.26 Å². The van der Waals surface area contributed by atoms with Gasteiger partial charge in [-0.05, 0) is 19.1 Å². The van der Waals surface area contributed by atoms with Crippen LogP contribution in [0.2, 0.25) is 0 Å². The van der Waals surface area contributed by atoms with Gasteiger partial charge in [0.05, 0.1) is 6.54 Å². The number of hydrogen-bond acceptors (Lipinski definition) is 6. The fraction of sp³-hybridized carbons (Fsp3) is 0.381. The summed E-state index contributed by atoms with van der Waals surface area (Å²) in [6.45, 7) is 4.04. The van der Waals surface area contributed by atoms with Crippen LogP contribution in [0.4, 0.5) is 10.5 Å². The second-order valence-corrected chi connectivity index (χ2v) is 7.38. The smallest absolute Gasteiger partial charge is 0.325 e. The molecule has 0 saturated carbocycles. The van der Waals surface area contributed by atoms with Crippen molar-refractivity contribution in [2.75, 3.05) is 37.6 Å². The second kappa shape index (κ2) is 8.37. The number of carbonyl (C=O) groups is 2. The zero-order chi connectivity index (χ0) is 21.1. The molecule has 3 amide bonds. The van der Waals surface area contributed by atoms with Crippen molar-refractivity contribution < 1.29 is 14.3 Å². The number of rotatable bonds is 5. The van der Waals surface area contributed by atoms with E-state index in [0.29, 0.717) is 32.6 Å². The van der Waals surface area contributed by atoms with Crippen LogP contribution in [-0.2, 0) is 4.79 Å². The molecule has 2 fully saturated rings. The van der Waals surface area contributed by atoms with E-state index in [-0.39, 0.29) is 36.2 Å². The fourth-order valence-electron chi connectivity index (χ4n) is 3.65. The summed E-state index contributed by atoms with van der Waals surface area (Å²) < 4.78 is 5.77. The first-order valence-corrected chi connectivity index (χ1v) is 9.84. The summed E-state index contributed by atoms with van der Waals surface area (Å²) in [5.41, 5.74) is 2.10. The first-order valence-electron chi connectivity index (χ1n) is 9.84. The third-order valence-electron chi connectivity index (χ3n) is 5.31. The second-order valence-electron chi connectivity index (χ2n) is 7.38. The molecule has 154 valence electrons. The summed E-state index contributed by atoms with van der Waals surface area (Å²) in [5, 5.41) is 9.10. The predicted octanol–water partition coefficient (Wildman–Crippen LogP) is 1.58. The van der Waals surface area contributed by atoms with Gasteiger partial charge in [0, 0.05) is 44.1 Å². The minimum absolute atomic E-state index is 0.0441. The van der Waals surface area contributed by atoms with Crippen LogP contribution in [0, 0.1) is 18.3 Å². The van der Waals surface area contributed by atoms with E-state index >= 15 is 0 Å². The largest absolute Gasteiger partial charge is 0.470 e. The molecule has 1 aromatic heterocycles. The van der Waals surface area contributed by atoms with Crippen LogP contribution in [0.15, 0.2) is 36.7 Å². The van der Waals surface area contributed by atoms with Crippen molar-refractivity contribution in [3.8, 4) is 11.9 Å². The lowest BCUT2D eigenvalue weighted by atomic mass is 10.2. The maximum absolute atomic E-state index is 12.7. The van der Waals surface area contributed by atoms with E-state index < -0.39 is 0 Å². The third-order valence-corrected chi connectivity index (χ3v) is 5.31. The molecular weight excluding hydrogens is 384 g/mol. The Bertz CT molecular complexity index is 987. The number of aromatic nitrogens is 2. The quantitative estimate of drug-likeness (QED) is 0.747. The molecule has 2 aliphatic rings. The lowest BCUT2D eigenvalue weighted by molar-refractivity contribution is -0.130. The summed E-state index contributed by atoms with van der Waals surface area (Å²) >= 11 is 0. The first-order chi connectivity index (χ1) is 14.5. The molecule has 0 radical (unpaired) electrons. The van der Waals surface area contributed by atoms with Crippen molar-refractivity contribution in [3.63, 3.8) is 0 Å². The van der Waals surface area contributed by atoms with Gasteiger partial charge in [-0.25, -0.2) is 14.8 Å². The molecule has 2 saturated heterocycles. The minimum Gasteiger partial charge on any atom is -0.470 e. The van der Waals surface area contributed by atoms with Crippen molar-refractivity contribution >= 4 is 17.6 Å². The van der Waals surface area contributed by atoms with Gasteiger partial charge in [0.25, 0.3) is 5.88 Å². The number of aryl methyl sites for hydroxylation is 1. The zero-order valence-corrected chi connectivity index (χ0v) is 16.7. The molecule has 2 aliphatic heterocycles. The van der Waals surface area contributed by atoms with Crippen molar-refractivity contribution in [1.29, 1.82) is 5.26 Å². The van der Waals surface area contributed by atoms with E-state index in [0.717, 1.165) is 11.3 Å². The van der Waals surface area contributed by atoms with Crippen molar-refractivity contribution in [2.45, 2.75) is 19.4 Å². The Morgan fingerprint density at radius 3 is 2.73 bits per heavy atom. The molecule has 0 aliphatic carbocycles. The average molecular weight is 406 g/mol. The van der Waals surface area contributed by atoms with E-state index in [4.69, 9.17) is 10.00 Å². The molecule has 0 bridgehead atoms. The number of carbonyl (C=O) groups excluding carboxylic acids is 2. The lowest BCUT2D eigenvalue weighted by Gasteiger charge is -2.22. The number of hydrogen-bond donors (Lipinski definition) is 0. The molecule has 1 unspecified atom stereocenters. The van der Waals surface area contributed by atoms with Gasteiger partial charge in [-0.1, -0.05) is 17.7 Å². The molecule has 9 heteroatoms. The minimum atomic E-state index is -0.254. The van der Waals surface area contributed by atoms with Crippen molar-refractivity contribution in [2.24, 2.45) is 0 Å². The van der Waals surface area contributed by atoms with Gasteiger partial charge in [0.2, 0.25) is 11.6 Å². The number of urea groups is 1. The summed E-state index contributed by atoms with van der Waals surface area (Å²) in [6, 6.07) is 9.57. The number of nitriles is 1. The molecule has 1 atom stereocenters. The van der Waals surface area contributed by atoms with Crippen molar-refractivity contribution in [1.82, 2.24) is 19.8 Å². The Balaban J connectivity index is 1.32. The fourth-order valence-corrected chi connectivity index (χ4v) is 3.65. The highest BCUT2D eigenvalue weighted by Gasteiger charge is 2.34. The van der Waals surface area contributed by atoms with E-state index in [2.05, 4.69) is 9.97 Å². The van der Waals surface area contributed by atoms with E-state index in [9.17, 15) is 9.59 Å². The van der Waals surface area contributed by atoms with E-state index in [1.165, 1.54) is 12.4 Å². The van der Waals surface area contributed by atoms with Gasteiger partial charge in [0.15, 0.2) is 0 Å². The number of benzene rings is 1. The van der Waals surface area contributed by atoms with Gasteiger partial charge in [-0.3, -0.25) is 9.69 Å². The molecule has 0 N–H and O–H groups in total. The number of anilines is 1. The van der Waals surface area contributed by atoms with Crippen LogP contribution < -0.4 is 9.64 Å². The highest BCUT2D eigenvalue weighted by atomic mass is 16.5. The van der Waals surface area contributed by atoms with Gasteiger partial charge >= 0.3 is 6.03 Å². The van der Waals surface area contributed by atoms with Gasteiger partial charge in [-0.15, -0.1) is 0 Å². The van der Waals surface area contributed by atoms with E-state index in [1.807, 2.05) is 37.3 Å². The summed E-state index contributed by atoms with van der Waals surface area (Å²) in [4.78, 5) is 38.4. The Hall–Kier alpha value is -3.67. The Labute approximate surface area is 174 Å². The summed E-state index contributed by atoms with van der Waals surface area (Å²) in [7, 11) is 0. The maximum atomic E-state index is 12.7. The predicted molar refractivity (Wildman–Crippen MR) is 108 cm³/mol. The average Bonchev–Trinajstić information content (AvgIpc) is 3.36. The number of ether oxygens (including phenoxy) is 1. The van der Waals surface area contributed by atoms with E-state index in [1.54, 1.807) is 14.7 Å². The molecule has 30 heavy (non-hydrogen) atoms. The van der Waals surface area contributed by atoms with Crippen LogP contribution in [0.5, 0.6) is 5.88 Å². The molecule has 3 heterocycles. The van der Waals surface area contributed by atoms with Crippen LogP contribution in [0.1, 0.15) is 17.7 Å². The third kappa shape index (κ3) is 4.03. The maximum Gasteiger partial charge on any atom is 0.325 e. The standard InChI is InChI=1S/C21H22N6O3/c1-15-2-4-16(5-3-15)27-11-10-26(21(27)29)14-19(28)25-9-6-17(13-25)30-20-18(12-22)23-7-8-24-20/h2-5,7-8,17H,6,9-11,13-14H2,1H3. The highest BCUT2D eigenvalue weighted by molar-refractivity contribution is 5.96. The summed E-state index contributed by atoms with van der Waals surface area (Å²) in [5.74, 6) is 0.0719. The van der Waals surface area contributed by atoms with Crippen LogP contribution in [0.3, 0.4) is 0 Å². The van der Waals surface area contributed by atoms with Crippen LogP contribution >= 0.6 is 0 Å². The molecule has 2 aromatic rings. The highest BCUT2D eigenvalue weighted by Crippen LogP contribution is 2.22. The van der Waals surface area contributed by atoms with Gasteiger partial charge in [0.1, 0.15) is 18.7 Å². The Kier molecular flexibility index (Phi) is 5.48. The molecule has 1 aromatic carbocycles. The topological polar surface area (TPSA) is 103 Å². The lowest BCUT2D eigenvalue weighted by Crippen LogP contribution is -2.42. The normalized spacial score (nSPS) is 18.6. The molecular formula is C21H22N6O3. The number of amides is 3. The Morgan fingerprint density at radius 2 is 1.97 bits per heavy atom. The van der Waals surface area contributed by atoms with Crippen LogP contribution in [-0.4, -0.2) is 70.5 Å². The van der Waals surface area contributed by atoms with Gasteiger partial charge < -0.3 is 14.5 Å². The monoisotopic (exact) mass is 406 g/mol. The summed E-state index contributed by atoms with van der Waals surface area (Å²) in [6.07, 6.45) is 3.28. The molecule has 4 rings (SSSR count). The zero-order valence-electron chi connectivity index (χ0n) is 16.7. The van der Waals surface area contributed by atoms with Crippen LogP contribution in [0.25, 0.3) is 0 Å². The number of nitrogens with zero attached hydrogens (tertiary/aromatic N) is 6. The molecule has 0 spiro atoms. The van der Waals surface area contributed by atoms with Crippen molar-refractivity contribution in [3.05, 3.63) is 47.9 Å².